The van der Waals surface area contributed by atoms with Gasteiger partial charge in [-0.25, -0.2) is 0 Å². The number of carbonyl (C=O) groups is 1. The van der Waals surface area contributed by atoms with E-state index in [1.54, 1.807) is 30.5 Å². The molecule has 0 radical (unpaired) electrons. The average molecular weight is 232 g/mol. The molecule has 2 aromatic heterocycles. The minimum absolute atomic E-state index is 0.151. The molecular weight excluding hydrogens is 220 g/mol. The van der Waals surface area contributed by atoms with Crippen LogP contribution in [0.5, 0.6) is 0 Å². The number of aromatic nitrogens is 1. The normalized spacial score (nSPS) is 10.2. The fourth-order valence-electron chi connectivity index (χ4n) is 1.49. The molecule has 0 saturated heterocycles. The van der Waals surface area contributed by atoms with Crippen molar-refractivity contribution in [3.63, 3.8) is 0 Å². The topological polar surface area (TPSA) is 66.3 Å². The molecule has 0 atom stereocenters. The second kappa shape index (κ2) is 4.69. The van der Waals surface area contributed by atoms with Crippen LogP contribution in [-0.2, 0) is 6.54 Å². The van der Waals surface area contributed by atoms with Crippen molar-refractivity contribution in [2.75, 3.05) is 7.05 Å². The van der Waals surface area contributed by atoms with Gasteiger partial charge in [-0.3, -0.25) is 9.59 Å². The van der Waals surface area contributed by atoms with E-state index in [2.05, 4.69) is 4.98 Å². The van der Waals surface area contributed by atoms with Crippen LogP contribution in [0.2, 0.25) is 0 Å². The Bertz CT molecular complexity index is 537. The largest absolute Gasteiger partial charge is 0.472 e. The van der Waals surface area contributed by atoms with Gasteiger partial charge in [0.2, 0.25) is 5.56 Å². The Morgan fingerprint density at radius 1 is 1.41 bits per heavy atom. The number of hydrogen-bond acceptors (Lipinski definition) is 3. The van der Waals surface area contributed by atoms with E-state index in [9.17, 15) is 9.59 Å². The molecule has 2 rings (SSSR count). The molecule has 0 saturated carbocycles. The van der Waals surface area contributed by atoms with Gasteiger partial charge in [0.05, 0.1) is 18.1 Å². The van der Waals surface area contributed by atoms with E-state index in [4.69, 9.17) is 4.42 Å². The molecule has 0 aliphatic carbocycles. The van der Waals surface area contributed by atoms with Crippen LogP contribution in [0, 0.1) is 0 Å². The second-order valence-corrected chi connectivity index (χ2v) is 3.73. The maximum atomic E-state index is 12.0. The molecule has 1 amide bonds. The van der Waals surface area contributed by atoms with E-state index in [0.29, 0.717) is 12.1 Å². The predicted molar refractivity (Wildman–Crippen MR) is 61.6 cm³/mol. The maximum Gasteiger partial charge on any atom is 0.255 e. The zero-order chi connectivity index (χ0) is 12.3. The van der Waals surface area contributed by atoms with E-state index >= 15 is 0 Å². The molecule has 1 N–H and O–H groups in total. The maximum absolute atomic E-state index is 12.0. The lowest BCUT2D eigenvalue weighted by Gasteiger charge is -2.15. The quantitative estimate of drug-likeness (QED) is 0.865. The van der Waals surface area contributed by atoms with Crippen LogP contribution in [-0.4, -0.2) is 22.8 Å². The zero-order valence-corrected chi connectivity index (χ0v) is 9.34. The Labute approximate surface area is 97.7 Å². The van der Waals surface area contributed by atoms with E-state index in [1.165, 1.54) is 18.3 Å². The zero-order valence-electron chi connectivity index (χ0n) is 9.34. The third kappa shape index (κ3) is 2.63. The number of furan rings is 1. The average Bonchev–Trinajstić information content (AvgIpc) is 2.82. The Kier molecular flexibility index (Phi) is 3.09. The van der Waals surface area contributed by atoms with Gasteiger partial charge in [0.25, 0.3) is 5.91 Å². The Morgan fingerprint density at radius 2 is 2.24 bits per heavy atom. The Hall–Kier alpha value is -2.30. The summed E-state index contributed by atoms with van der Waals surface area (Å²) in [6.07, 6.45) is 4.57. The number of aromatic amines is 1. The van der Waals surface area contributed by atoms with Crippen LogP contribution in [0.1, 0.15) is 15.9 Å². The van der Waals surface area contributed by atoms with Crippen molar-refractivity contribution in [3.05, 3.63) is 58.4 Å². The summed E-state index contributed by atoms with van der Waals surface area (Å²) in [5.74, 6) is -0.151. The van der Waals surface area contributed by atoms with Crippen molar-refractivity contribution < 1.29 is 9.21 Å². The molecule has 5 nitrogen and oxygen atoms in total. The fourth-order valence-corrected chi connectivity index (χ4v) is 1.49. The number of pyridine rings is 1. The standard InChI is InChI=1S/C12H12N2O3/c1-14(7-9-4-5-17-8-9)12(16)10-2-3-11(15)13-6-10/h2-6,8H,7H2,1H3,(H,13,15). The van der Waals surface area contributed by atoms with Crippen LogP contribution in [0.4, 0.5) is 0 Å². The van der Waals surface area contributed by atoms with Crippen molar-refractivity contribution in [1.29, 1.82) is 0 Å². The first kappa shape index (κ1) is 11.2. The fraction of sp³-hybridized carbons (Fsp3) is 0.167. The number of hydrogen-bond donors (Lipinski definition) is 1. The predicted octanol–water partition coefficient (Wildman–Crippen LogP) is 1.24. The van der Waals surface area contributed by atoms with Gasteiger partial charge in [0.15, 0.2) is 0 Å². The van der Waals surface area contributed by atoms with Crippen molar-refractivity contribution in [2.45, 2.75) is 6.54 Å². The molecule has 0 aromatic carbocycles. The molecule has 17 heavy (non-hydrogen) atoms. The third-order valence-electron chi connectivity index (χ3n) is 2.38. The molecule has 0 fully saturated rings. The first-order chi connectivity index (χ1) is 8.16. The summed E-state index contributed by atoms with van der Waals surface area (Å²) in [6.45, 7) is 0.467. The van der Waals surface area contributed by atoms with E-state index < -0.39 is 0 Å². The van der Waals surface area contributed by atoms with Gasteiger partial charge in [-0.05, 0) is 12.1 Å². The van der Waals surface area contributed by atoms with Crippen molar-refractivity contribution >= 4 is 5.91 Å². The lowest BCUT2D eigenvalue weighted by Crippen LogP contribution is -2.26. The highest BCUT2D eigenvalue weighted by Crippen LogP contribution is 2.07. The van der Waals surface area contributed by atoms with E-state index in [1.807, 2.05) is 0 Å². The number of carbonyl (C=O) groups excluding carboxylic acids is 1. The van der Waals surface area contributed by atoms with Crippen LogP contribution >= 0.6 is 0 Å². The summed E-state index contributed by atoms with van der Waals surface area (Å²) in [5, 5.41) is 0. The Balaban J connectivity index is 2.09. The molecule has 0 bridgehead atoms. The van der Waals surface area contributed by atoms with Crippen LogP contribution < -0.4 is 5.56 Å². The summed E-state index contributed by atoms with van der Waals surface area (Å²) in [7, 11) is 1.69. The molecule has 0 aliphatic heterocycles. The van der Waals surface area contributed by atoms with Gasteiger partial charge < -0.3 is 14.3 Å². The minimum Gasteiger partial charge on any atom is -0.472 e. The monoisotopic (exact) mass is 232 g/mol. The smallest absolute Gasteiger partial charge is 0.255 e. The van der Waals surface area contributed by atoms with Crippen LogP contribution in [0.25, 0.3) is 0 Å². The molecule has 0 aliphatic rings. The SMILES string of the molecule is CN(Cc1ccoc1)C(=O)c1ccc(=O)[nH]c1. The lowest BCUT2D eigenvalue weighted by atomic mass is 10.2. The van der Waals surface area contributed by atoms with E-state index in [0.717, 1.165) is 5.56 Å². The number of nitrogens with zero attached hydrogens (tertiary/aromatic N) is 1. The molecule has 0 unspecified atom stereocenters. The number of amides is 1. The summed E-state index contributed by atoms with van der Waals surface area (Å²) < 4.78 is 4.93. The summed E-state index contributed by atoms with van der Waals surface area (Å²) >= 11 is 0. The minimum atomic E-state index is -0.223. The number of rotatable bonds is 3. The molecule has 0 spiro atoms. The highest BCUT2D eigenvalue weighted by molar-refractivity contribution is 5.93. The number of nitrogens with one attached hydrogen (secondary N) is 1. The summed E-state index contributed by atoms with van der Waals surface area (Å²) in [5.41, 5.74) is 1.15. The summed E-state index contributed by atoms with van der Waals surface area (Å²) in [4.78, 5) is 26.9. The highest BCUT2D eigenvalue weighted by Gasteiger charge is 2.12. The van der Waals surface area contributed by atoms with Crippen molar-refractivity contribution in [1.82, 2.24) is 9.88 Å². The molecule has 88 valence electrons. The lowest BCUT2D eigenvalue weighted by molar-refractivity contribution is 0.0784. The first-order valence-electron chi connectivity index (χ1n) is 5.12. The van der Waals surface area contributed by atoms with Gasteiger partial charge >= 0.3 is 0 Å². The van der Waals surface area contributed by atoms with E-state index in [-0.39, 0.29) is 11.5 Å². The van der Waals surface area contributed by atoms with Crippen molar-refractivity contribution in [2.24, 2.45) is 0 Å². The van der Waals surface area contributed by atoms with Gasteiger partial charge in [-0.2, -0.15) is 0 Å². The second-order valence-electron chi connectivity index (χ2n) is 3.73. The summed E-state index contributed by atoms with van der Waals surface area (Å²) in [6, 6.07) is 4.64. The molecule has 5 heteroatoms. The first-order valence-corrected chi connectivity index (χ1v) is 5.12. The highest BCUT2D eigenvalue weighted by atomic mass is 16.3. The van der Waals surface area contributed by atoms with Crippen molar-refractivity contribution in [3.8, 4) is 0 Å². The van der Waals surface area contributed by atoms with Gasteiger partial charge in [0.1, 0.15) is 0 Å². The number of H-pyrrole nitrogens is 1. The van der Waals surface area contributed by atoms with Gasteiger partial charge in [-0.1, -0.05) is 0 Å². The molecular formula is C12H12N2O3. The van der Waals surface area contributed by atoms with Gasteiger partial charge in [-0.15, -0.1) is 0 Å². The molecule has 2 heterocycles. The van der Waals surface area contributed by atoms with Gasteiger partial charge in [0, 0.05) is 31.4 Å². The third-order valence-corrected chi connectivity index (χ3v) is 2.38. The Morgan fingerprint density at radius 3 is 2.82 bits per heavy atom. The van der Waals surface area contributed by atoms with Crippen LogP contribution in [0.15, 0.2) is 46.1 Å². The molecule has 2 aromatic rings. The van der Waals surface area contributed by atoms with Crippen LogP contribution in [0.3, 0.4) is 0 Å².